The molecule has 0 radical (unpaired) electrons. The van der Waals surface area contributed by atoms with Crippen LogP contribution in [0, 0.1) is 0 Å². The Morgan fingerprint density at radius 2 is 2.25 bits per heavy atom. The Morgan fingerprint density at radius 1 is 1.58 bits per heavy atom. The molecule has 1 aliphatic heterocycles. The molecule has 1 heterocycles. The Bertz CT molecular complexity index is 143. The molecule has 0 spiro atoms. The van der Waals surface area contributed by atoms with E-state index in [1.54, 1.807) is 7.11 Å². The van der Waals surface area contributed by atoms with Crippen molar-refractivity contribution in [3.8, 4) is 0 Å². The molecule has 2 unspecified atom stereocenters. The van der Waals surface area contributed by atoms with Crippen LogP contribution in [-0.2, 0) is 9.05 Å². The minimum Gasteiger partial charge on any atom is -0.325 e. The Balaban J connectivity index is 2.50. The van der Waals surface area contributed by atoms with Gasteiger partial charge in [0.25, 0.3) is 8.53 Å². The summed E-state index contributed by atoms with van der Waals surface area (Å²) in [5, 5.41) is 0. The quantitative estimate of drug-likeness (QED) is 0.625. The van der Waals surface area contributed by atoms with Gasteiger partial charge in [-0.05, 0) is 27.2 Å². The molecule has 0 amide bonds. The Kier molecular flexibility index (Phi) is 3.91. The van der Waals surface area contributed by atoms with E-state index in [4.69, 9.17) is 9.05 Å². The smallest absolute Gasteiger partial charge is 0.258 e. The molecule has 4 heteroatoms. The van der Waals surface area contributed by atoms with E-state index in [1.165, 1.54) is 0 Å². The van der Waals surface area contributed by atoms with Crippen molar-refractivity contribution in [3.05, 3.63) is 0 Å². The average Bonchev–Trinajstić information content (AvgIpc) is 2.03. The van der Waals surface area contributed by atoms with Crippen LogP contribution < -0.4 is 0 Å². The maximum atomic E-state index is 5.68. The van der Waals surface area contributed by atoms with Gasteiger partial charge in [0.15, 0.2) is 0 Å². The highest BCUT2D eigenvalue weighted by atomic mass is 31.2. The van der Waals surface area contributed by atoms with Crippen molar-refractivity contribution in [1.82, 2.24) is 4.67 Å². The van der Waals surface area contributed by atoms with E-state index >= 15 is 0 Å². The molecule has 0 aliphatic carbocycles. The summed E-state index contributed by atoms with van der Waals surface area (Å²) in [5.41, 5.74) is 0. The Hall–Kier alpha value is 0.310. The second-order valence-electron chi connectivity index (χ2n) is 3.38. The molecule has 0 saturated carbocycles. The van der Waals surface area contributed by atoms with E-state index in [0.29, 0.717) is 12.1 Å². The van der Waals surface area contributed by atoms with Crippen molar-refractivity contribution in [3.63, 3.8) is 0 Å². The van der Waals surface area contributed by atoms with Crippen molar-refractivity contribution >= 4 is 8.53 Å². The number of hydrogen-bond donors (Lipinski definition) is 0. The highest BCUT2D eigenvalue weighted by Gasteiger charge is 2.29. The molecule has 0 aromatic carbocycles. The lowest BCUT2D eigenvalue weighted by Gasteiger charge is -2.38. The van der Waals surface area contributed by atoms with E-state index in [1.807, 2.05) is 0 Å². The van der Waals surface area contributed by atoms with E-state index in [2.05, 4.69) is 25.4 Å². The van der Waals surface area contributed by atoms with Crippen LogP contribution in [-0.4, -0.2) is 30.5 Å². The summed E-state index contributed by atoms with van der Waals surface area (Å²) in [5.74, 6) is 0. The van der Waals surface area contributed by atoms with Gasteiger partial charge in [0, 0.05) is 19.7 Å². The molecule has 0 N–H and O–H groups in total. The van der Waals surface area contributed by atoms with Crippen LogP contribution in [0.2, 0.25) is 0 Å². The normalized spacial score (nSPS) is 32.8. The molecule has 1 saturated heterocycles. The lowest BCUT2D eigenvalue weighted by molar-refractivity contribution is 0.115. The number of rotatable bonds is 2. The molecule has 1 rings (SSSR count). The Morgan fingerprint density at radius 3 is 2.75 bits per heavy atom. The summed E-state index contributed by atoms with van der Waals surface area (Å²) in [4.78, 5) is 0. The standard InChI is InChI=1S/C8H18NO2P/c1-7(2)9-6-5-8(3)11-12(9)10-4/h7-8H,5-6H2,1-4H3. The zero-order valence-corrected chi connectivity index (χ0v) is 9.17. The van der Waals surface area contributed by atoms with Gasteiger partial charge in [-0.3, -0.25) is 0 Å². The maximum absolute atomic E-state index is 5.68. The van der Waals surface area contributed by atoms with Gasteiger partial charge in [-0.2, -0.15) is 0 Å². The van der Waals surface area contributed by atoms with Crippen LogP contribution in [0.25, 0.3) is 0 Å². The van der Waals surface area contributed by atoms with Crippen LogP contribution in [0.5, 0.6) is 0 Å². The third kappa shape index (κ3) is 2.40. The van der Waals surface area contributed by atoms with Crippen LogP contribution in [0.15, 0.2) is 0 Å². The van der Waals surface area contributed by atoms with E-state index in [-0.39, 0.29) is 0 Å². The predicted molar refractivity (Wildman–Crippen MR) is 50.9 cm³/mol. The van der Waals surface area contributed by atoms with Crippen molar-refractivity contribution in [2.24, 2.45) is 0 Å². The molecular weight excluding hydrogens is 173 g/mol. The molecule has 72 valence electrons. The van der Waals surface area contributed by atoms with Gasteiger partial charge in [-0.15, -0.1) is 0 Å². The SMILES string of the molecule is COP1OC(C)CCN1C(C)C. The molecular formula is C8H18NO2P. The minimum absolute atomic E-state index is 0.353. The van der Waals surface area contributed by atoms with Gasteiger partial charge >= 0.3 is 0 Å². The van der Waals surface area contributed by atoms with Crippen LogP contribution in [0.4, 0.5) is 0 Å². The van der Waals surface area contributed by atoms with Crippen molar-refractivity contribution in [2.45, 2.75) is 39.3 Å². The van der Waals surface area contributed by atoms with E-state index < -0.39 is 8.53 Å². The van der Waals surface area contributed by atoms with Gasteiger partial charge in [0.1, 0.15) is 0 Å². The highest BCUT2D eigenvalue weighted by Crippen LogP contribution is 2.47. The third-order valence-corrected chi connectivity index (χ3v) is 3.93. The van der Waals surface area contributed by atoms with Crippen LogP contribution >= 0.6 is 8.53 Å². The summed E-state index contributed by atoms with van der Waals surface area (Å²) >= 11 is 0. The molecule has 1 fully saturated rings. The monoisotopic (exact) mass is 191 g/mol. The van der Waals surface area contributed by atoms with Gasteiger partial charge in [0.2, 0.25) is 0 Å². The van der Waals surface area contributed by atoms with Crippen LogP contribution in [0.3, 0.4) is 0 Å². The zero-order valence-electron chi connectivity index (χ0n) is 8.28. The second-order valence-corrected chi connectivity index (χ2v) is 4.95. The minimum atomic E-state index is -0.778. The fourth-order valence-electron chi connectivity index (χ4n) is 1.26. The van der Waals surface area contributed by atoms with Crippen molar-refractivity contribution < 1.29 is 9.05 Å². The predicted octanol–water partition coefficient (Wildman–Crippen LogP) is 2.38. The molecule has 0 bridgehead atoms. The fourth-order valence-corrected chi connectivity index (χ4v) is 2.74. The highest BCUT2D eigenvalue weighted by molar-refractivity contribution is 7.44. The second kappa shape index (κ2) is 4.52. The molecule has 0 aromatic heterocycles. The van der Waals surface area contributed by atoms with Gasteiger partial charge in [-0.1, -0.05) is 0 Å². The zero-order chi connectivity index (χ0) is 9.14. The first-order chi connectivity index (χ1) is 5.65. The summed E-state index contributed by atoms with van der Waals surface area (Å²) in [6, 6.07) is 0.517. The Labute approximate surface area is 76.0 Å². The largest absolute Gasteiger partial charge is 0.325 e. The van der Waals surface area contributed by atoms with E-state index in [9.17, 15) is 0 Å². The lowest BCUT2D eigenvalue weighted by Crippen LogP contribution is -2.35. The van der Waals surface area contributed by atoms with E-state index in [0.717, 1.165) is 13.0 Å². The number of nitrogens with zero attached hydrogens (tertiary/aromatic N) is 1. The summed E-state index contributed by atoms with van der Waals surface area (Å²) in [6.07, 6.45) is 1.46. The third-order valence-electron chi connectivity index (χ3n) is 2.00. The first-order valence-electron chi connectivity index (χ1n) is 4.42. The molecule has 3 nitrogen and oxygen atoms in total. The van der Waals surface area contributed by atoms with Crippen molar-refractivity contribution in [1.29, 1.82) is 0 Å². The fraction of sp³-hybridized carbons (Fsp3) is 1.00. The summed E-state index contributed by atoms with van der Waals surface area (Å²) in [7, 11) is 0.943. The number of hydrogen-bond acceptors (Lipinski definition) is 3. The average molecular weight is 191 g/mol. The van der Waals surface area contributed by atoms with Crippen molar-refractivity contribution in [2.75, 3.05) is 13.7 Å². The summed E-state index contributed by atoms with van der Waals surface area (Å²) in [6.45, 7) is 7.55. The topological polar surface area (TPSA) is 21.7 Å². The molecule has 0 aromatic rings. The molecule has 12 heavy (non-hydrogen) atoms. The maximum Gasteiger partial charge on any atom is 0.258 e. The van der Waals surface area contributed by atoms with Gasteiger partial charge < -0.3 is 9.05 Å². The summed E-state index contributed by atoms with van der Waals surface area (Å²) < 4.78 is 13.3. The lowest BCUT2D eigenvalue weighted by atomic mass is 10.2. The van der Waals surface area contributed by atoms with Gasteiger partial charge in [-0.25, -0.2) is 4.67 Å². The molecule has 1 aliphatic rings. The first kappa shape index (κ1) is 10.4. The van der Waals surface area contributed by atoms with Gasteiger partial charge in [0.05, 0.1) is 6.10 Å². The molecule has 2 atom stereocenters. The first-order valence-corrected chi connectivity index (χ1v) is 5.55. The van der Waals surface area contributed by atoms with Crippen LogP contribution in [0.1, 0.15) is 27.2 Å².